The van der Waals surface area contributed by atoms with E-state index in [2.05, 4.69) is 34.7 Å². The molecule has 0 aromatic carbocycles. The maximum absolute atomic E-state index is 6.00. The summed E-state index contributed by atoms with van der Waals surface area (Å²) in [4.78, 5) is 0. The van der Waals surface area contributed by atoms with Crippen molar-refractivity contribution >= 4 is 34.9 Å². The molecule has 2 rings (SSSR count). The van der Waals surface area contributed by atoms with Crippen LogP contribution in [0.25, 0.3) is 0 Å². The van der Waals surface area contributed by atoms with E-state index in [9.17, 15) is 0 Å². The van der Waals surface area contributed by atoms with Gasteiger partial charge in [-0.2, -0.15) is 0 Å². The Labute approximate surface area is 128 Å². The van der Waals surface area contributed by atoms with Crippen LogP contribution in [-0.2, 0) is 0 Å². The van der Waals surface area contributed by atoms with Gasteiger partial charge in [0.05, 0.1) is 8.55 Å². The molecular formula is C15H18ClNS2. The molecule has 0 unspecified atom stereocenters. The second-order valence-electron chi connectivity index (χ2n) is 4.26. The van der Waals surface area contributed by atoms with Crippen molar-refractivity contribution in [2.75, 3.05) is 6.54 Å². The molecule has 4 heteroatoms. The van der Waals surface area contributed by atoms with Crippen LogP contribution in [0, 0.1) is 0 Å². The first-order chi connectivity index (χ1) is 9.29. The molecule has 0 amide bonds. The van der Waals surface area contributed by atoms with Crippen LogP contribution in [0.1, 0.15) is 26.2 Å². The van der Waals surface area contributed by atoms with Crippen molar-refractivity contribution in [1.82, 2.24) is 4.31 Å². The van der Waals surface area contributed by atoms with Crippen molar-refractivity contribution in [2.45, 2.75) is 30.4 Å². The van der Waals surface area contributed by atoms with E-state index in [0.29, 0.717) is 0 Å². The second-order valence-corrected chi connectivity index (χ2v) is 7.30. The summed E-state index contributed by atoms with van der Waals surface area (Å²) in [6.07, 6.45) is 14.4. The Morgan fingerprint density at radius 1 is 1.32 bits per heavy atom. The van der Waals surface area contributed by atoms with Crippen LogP contribution in [0.3, 0.4) is 0 Å². The van der Waals surface area contributed by atoms with Gasteiger partial charge in [0.2, 0.25) is 0 Å². The van der Waals surface area contributed by atoms with Gasteiger partial charge in [-0.1, -0.05) is 35.9 Å². The largest absolute Gasteiger partial charge is 0.312 e. The van der Waals surface area contributed by atoms with E-state index in [1.807, 2.05) is 19.1 Å². The monoisotopic (exact) mass is 311 g/mol. The molecule has 0 atom stereocenters. The lowest BCUT2D eigenvalue weighted by atomic mass is 10.2. The van der Waals surface area contributed by atoms with Crippen LogP contribution in [-0.4, -0.2) is 10.8 Å². The minimum absolute atomic E-state index is 0.854. The molecule has 0 saturated carbocycles. The van der Waals surface area contributed by atoms with Gasteiger partial charge in [0.15, 0.2) is 0 Å². The first-order valence-electron chi connectivity index (χ1n) is 6.50. The molecule has 102 valence electrons. The van der Waals surface area contributed by atoms with Crippen LogP contribution < -0.4 is 0 Å². The molecule has 1 aromatic rings. The quantitative estimate of drug-likeness (QED) is 0.502. The van der Waals surface area contributed by atoms with E-state index in [-0.39, 0.29) is 0 Å². The summed E-state index contributed by atoms with van der Waals surface area (Å²) in [5.41, 5.74) is 1.30. The van der Waals surface area contributed by atoms with Crippen molar-refractivity contribution in [2.24, 2.45) is 0 Å². The van der Waals surface area contributed by atoms with E-state index >= 15 is 0 Å². The lowest BCUT2D eigenvalue weighted by molar-refractivity contribution is 0.568. The molecule has 0 bridgehead atoms. The highest BCUT2D eigenvalue weighted by molar-refractivity contribution is 7.99. The van der Waals surface area contributed by atoms with Crippen molar-refractivity contribution in [3.63, 3.8) is 0 Å². The summed E-state index contributed by atoms with van der Waals surface area (Å²) in [6.45, 7) is 3.12. The van der Waals surface area contributed by atoms with Gasteiger partial charge >= 0.3 is 0 Å². The van der Waals surface area contributed by atoms with Crippen molar-refractivity contribution in [1.29, 1.82) is 0 Å². The number of nitrogens with zero attached hydrogens (tertiary/aromatic N) is 1. The Bertz CT molecular complexity index is 488. The zero-order chi connectivity index (χ0) is 13.5. The number of rotatable bonds is 4. The number of thiophene rings is 1. The first kappa shape index (κ1) is 14.8. The van der Waals surface area contributed by atoms with Gasteiger partial charge in [-0.05, 0) is 56.3 Å². The Kier molecular flexibility index (Phi) is 6.08. The fourth-order valence-corrected chi connectivity index (χ4v) is 4.26. The molecular weight excluding hydrogens is 294 g/mol. The lowest BCUT2D eigenvalue weighted by Crippen LogP contribution is -2.13. The third kappa shape index (κ3) is 4.75. The number of hydrogen-bond donors (Lipinski definition) is 0. The maximum atomic E-state index is 6.00. The number of hydrogen-bond acceptors (Lipinski definition) is 3. The van der Waals surface area contributed by atoms with E-state index in [0.717, 1.165) is 17.3 Å². The fourth-order valence-electron chi connectivity index (χ4n) is 1.85. The molecule has 0 radical (unpaired) electrons. The van der Waals surface area contributed by atoms with E-state index in [1.54, 1.807) is 23.3 Å². The van der Waals surface area contributed by atoms with Crippen LogP contribution >= 0.6 is 34.9 Å². The summed E-state index contributed by atoms with van der Waals surface area (Å²) in [5, 5.41) is 0. The Morgan fingerprint density at radius 3 is 2.95 bits per heavy atom. The maximum Gasteiger partial charge on any atom is 0.0940 e. The molecule has 1 aliphatic heterocycles. The predicted molar refractivity (Wildman–Crippen MR) is 87.8 cm³/mol. The summed E-state index contributed by atoms with van der Waals surface area (Å²) in [6, 6.07) is 4.06. The molecule has 1 aliphatic rings. The van der Waals surface area contributed by atoms with E-state index in [1.165, 1.54) is 22.7 Å². The Hall–Kier alpha value is -0.640. The average molecular weight is 312 g/mol. The van der Waals surface area contributed by atoms with E-state index < -0.39 is 0 Å². The molecule has 0 saturated heterocycles. The van der Waals surface area contributed by atoms with Gasteiger partial charge < -0.3 is 4.31 Å². The molecule has 2 heterocycles. The van der Waals surface area contributed by atoms with E-state index in [4.69, 9.17) is 11.6 Å². The van der Waals surface area contributed by atoms with Gasteiger partial charge in [0, 0.05) is 12.2 Å². The van der Waals surface area contributed by atoms with Gasteiger partial charge in [0.25, 0.3) is 0 Å². The van der Waals surface area contributed by atoms with Crippen molar-refractivity contribution in [3.05, 3.63) is 52.5 Å². The highest BCUT2D eigenvalue weighted by Crippen LogP contribution is 2.35. The molecule has 0 N–H and O–H groups in total. The van der Waals surface area contributed by atoms with Crippen LogP contribution in [0.5, 0.6) is 0 Å². The van der Waals surface area contributed by atoms with Gasteiger partial charge in [-0.15, -0.1) is 11.3 Å². The zero-order valence-corrected chi connectivity index (χ0v) is 13.4. The Morgan fingerprint density at radius 2 is 2.21 bits per heavy atom. The Balaban J connectivity index is 2.09. The minimum Gasteiger partial charge on any atom is -0.312 e. The van der Waals surface area contributed by atoms with Crippen LogP contribution in [0.2, 0.25) is 4.34 Å². The molecule has 19 heavy (non-hydrogen) atoms. The molecule has 1 aromatic heterocycles. The van der Waals surface area contributed by atoms with Crippen molar-refractivity contribution in [3.8, 4) is 0 Å². The predicted octanol–water partition coefficient (Wildman–Crippen LogP) is 5.91. The smallest absolute Gasteiger partial charge is 0.0940 e. The highest BCUT2D eigenvalue weighted by Gasteiger charge is 2.13. The summed E-state index contributed by atoms with van der Waals surface area (Å²) in [5.74, 6) is 0. The fraction of sp³-hybridized carbons (Fsp3) is 0.333. The van der Waals surface area contributed by atoms with Gasteiger partial charge in [0.1, 0.15) is 0 Å². The highest BCUT2D eigenvalue weighted by atomic mass is 35.5. The molecule has 0 fully saturated rings. The molecule has 1 nitrogen and oxygen atoms in total. The first-order valence-corrected chi connectivity index (χ1v) is 8.47. The summed E-state index contributed by atoms with van der Waals surface area (Å²) >= 11 is 9.43. The third-order valence-electron chi connectivity index (χ3n) is 2.78. The van der Waals surface area contributed by atoms with Gasteiger partial charge in [-0.3, -0.25) is 0 Å². The molecule has 0 aliphatic carbocycles. The molecule has 0 spiro atoms. The number of halogens is 1. The van der Waals surface area contributed by atoms with Crippen LogP contribution in [0.15, 0.2) is 52.4 Å². The number of allylic oxidation sites excluding steroid dienone is 5. The average Bonchev–Trinajstić information content (AvgIpc) is 2.68. The normalized spacial score (nSPS) is 17.2. The second kappa shape index (κ2) is 7.83. The van der Waals surface area contributed by atoms with Gasteiger partial charge in [-0.25, -0.2) is 0 Å². The topological polar surface area (TPSA) is 3.24 Å². The summed E-state index contributed by atoms with van der Waals surface area (Å²) < 4.78 is 4.47. The SMILES string of the molecule is C/C=C\C=C/C1=CCCCCN1Sc1ccc(Cl)s1. The zero-order valence-electron chi connectivity index (χ0n) is 11.0. The lowest BCUT2D eigenvalue weighted by Gasteiger charge is -2.21. The summed E-state index contributed by atoms with van der Waals surface area (Å²) in [7, 11) is 0. The minimum atomic E-state index is 0.854. The van der Waals surface area contributed by atoms with Crippen molar-refractivity contribution < 1.29 is 0 Å². The van der Waals surface area contributed by atoms with Crippen LogP contribution in [0.4, 0.5) is 0 Å². The standard InChI is InChI=1S/C15H18ClNS2/c1-2-3-5-8-13-9-6-4-7-12-17(13)19-15-11-10-14(16)18-15/h2-3,5,8-11H,4,6-7,12H2,1H3/b3-2-,8-5-. The third-order valence-corrected chi connectivity index (χ3v) is 5.21.